The summed E-state index contributed by atoms with van der Waals surface area (Å²) < 4.78 is 5.70. The summed E-state index contributed by atoms with van der Waals surface area (Å²) in [5.41, 5.74) is 0. The minimum Gasteiger partial charge on any atom is -0.489 e. The van der Waals surface area contributed by atoms with Gasteiger partial charge in [0.15, 0.2) is 5.75 Å². The Hall–Kier alpha value is -0.150. The van der Waals surface area contributed by atoms with Gasteiger partial charge in [0.05, 0.1) is 10.0 Å². The first-order valence-corrected chi connectivity index (χ1v) is 7.80. The first-order chi connectivity index (χ1) is 9.16. The van der Waals surface area contributed by atoms with E-state index in [0.29, 0.717) is 27.4 Å². The highest BCUT2D eigenvalue weighted by Crippen LogP contribution is 2.35. The highest BCUT2D eigenvalue weighted by molar-refractivity contribution is 6.40. The number of hydrogen-bond acceptors (Lipinski definition) is 2. The second kappa shape index (κ2) is 7.58. The third kappa shape index (κ3) is 4.71. The van der Waals surface area contributed by atoms with Crippen molar-refractivity contribution in [2.45, 2.75) is 25.7 Å². The Labute approximate surface area is 129 Å². The van der Waals surface area contributed by atoms with Crippen LogP contribution in [0.15, 0.2) is 12.1 Å². The molecule has 0 N–H and O–H groups in total. The lowest BCUT2D eigenvalue weighted by Crippen LogP contribution is -2.29. The van der Waals surface area contributed by atoms with E-state index in [2.05, 4.69) is 4.90 Å². The number of hydrogen-bond donors (Lipinski definition) is 0. The zero-order chi connectivity index (χ0) is 13.7. The van der Waals surface area contributed by atoms with Crippen LogP contribution in [0.3, 0.4) is 0 Å². The topological polar surface area (TPSA) is 12.5 Å². The van der Waals surface area contributed by atoms with Gasteiger partial charge < -0.3 is 4.74 Å². The lowest BCUT2D eigenvalue weighted by Gasteiger charge is -2.20. The Morgan fingerprint density at radius 3 is 2.11 bits per heavy atom. The number of nitrogens with zero attached hydrogens (tertiary/aromatic N) is 1. The largest absolute Gasteiger partial charge is 0.489 e. The van der Waals surface area contributed by atoms with Crippen molar-refractivity contribution in [3.8, 4) is 5.75 Å². The number of benzene rings is 1. The van der Waals surface area contributed by atoms with Gasteiger partial charge in [-0.3, -0.25) is 4.90 Å². The van der Waals surface area contributed by atoms with Crippen LogP contribution in [-0.4, -0.2) is 31.1 Å². The fourth-order valence-corrected chi connectivity index (χ4v) is 3.23. The molecule has 0 aliphatic carbocycles. The van der Waals surface area contributed by atoms with Crippen molar-refractivity contribution < 1.29 is 4.74 Å². The maximum atomic E-state index is 6.07. The van der Waals surface area contributed by atoms with E-state index in [1.165, 1.54) is 25.7 Å². The second-order valence-electron chi connectivity index (χ2n) is 4.80. The smallest absolute Gasteiger partial charge is 0.156 e. The normalized spacial score (nSPS) is 17.2. The Morgan fingerprint density at radius 1 is 0.947 bits per heavy atom. The van der Waals surface area contributed by atoms with E-state index in [4.69, 9.17) is 39.5 Å². The molecule has 0 aromatic heterocycles. The fourth-order valence-electron chi connectivity index (χ4n) is 2.30. The molecule has 0 bridgehead atoms. The van der Waals surface area contributed by atoms with Gasteiger partial charge in [0.2, 0.25) is 0 Å². The van der Waals surface area contributed by atoms with Crippen molar-refractivity contribution in [3.63, 3.8) is 0 Å². The molecule has 5 heteroatoms. The molecule has 2 rings (SSSR count). The maximum Gasteiger partial charge on any atom is 0.156 e. The number of halogens is 3. The summed E-state index contributed by atoms with van der Waals surface area (Å²) >= 11 is 18.0. The van der Waals surface area contributed by atoms with E-state index in [9.17, 15) is 0 Å². The monoisotopic (exact) mass is 321 g/mol. The average Bonchev–Trinajstić information content (AvgIpc) is 2.61. The Kier molecular flexibility index (Phi) is 6.08. The van der Waals surface area contributed by atoms with Crippen molar-refractivity contribution in [2.24, 2.45) is 0 Å². The standard InChI is InChI=1S/C14H18Cl3NO/c15-11-9-12(16)14(13(17)10-11)19-8-7-18-5-3-1-2-4-6-18/h9-10H,1-8H2. The van der Waals surface area contributed by atoms with Gasteiger partial charge in [0.25, 0.3) is 0 Å². The minimum atomic E-state index is 0.466. The van der Waals surface area contributed by atoms with Crippen molar-refractivity contribution in [1.82, 2.24) is 4.90 Å². The molecule has 1 aromatic carbocycles. The summed E-state index contributed by atoms with van der Waals surface area (Å²) in [6.45, 7) is 3.83. The molecular formula is C14H18Cl3NO. The lowest BCUT2D eigenvalue weighted by molar-refractivity contribution is 0.214. The van der Waals surface area contributed by atoms with Crippen molar-refractivity contribution in [1.29, 1.82) is 0 Å². The van der Waals surface area contributed by atoms with Crippen LogP contribution in [-0.2, 0) is 0 Å². The maximum absolute atomic E-state index is 6.07. The molecule has 1 aliphatic rings. The molecule has 1 aliphatic heterocycles. The summed E-state index contributed by atoms with van der Waals surface area (Å²) in [6.07, 6.45) is 5.24. The van der Waals surface area contributed by atoms with E-state index in [-0.39, 0.29) is 0 Å². The molecule has 0 unspecified atom stereocenters. The van der Waals surface area contributed by atoms with Crippen molar-refractivity contribution in [3.05, 3.63) is 27.2 Å². The van der Waals surface area contributed by atoms with Gasteiger partial charge in [-0.1, -0.05) is 47.6 Å². The van der Waals surface area contributed by atoms with Gasteiger partial charge in [-0.05, 0) is 38.1 Å². The fraction of sp³-hybridized carbons (Fsp3) is 0.571. The summed E-state index contributed by atoms with van der Waals surface area (Å²) in [4.78, 5) is 2.44. The van der Waals surface area contributed by atoms with Crippen LogP contribution in [0, 0.1) is 0 Å². The molecule has 1 heterocycles. The van der Waals surface area contributed by atoms with E-state index in [0.717, 1.165) is 19.6 Å². The third-order valence-corrected chi connectivity index (χ3v) is 4.10. The van der Waals surface area contributed by atoms with Crippen LogP contribution in [0.1, 0.15) is 25.7 Å². The van der Waals surface area contributed by atoms with Crippen LogP contribution in [0.2, 0.25) is 15.1 Å². The Bertz CT molecular complexity index is 394. The van der Waals surface area contributed by atoms with E-state index in [1.807, 2.05) is 0 Å². The molecular weight excluding hydrogens is 305 g/mol. The van der Waals surface area contributed by atoms with Crippen LogP contribution in [0.5, 0.6) is 5.75 Å². The number of rotatable bonds is 4. The van der Waals surface area contributed by atoms with Gasteiger partial charge in [0, 0.05) is 11.6 Å². The zero-order valence-electron chi connectivity index (χ0n) is 10.8. The van der Waals surface area contributed by atoms with Crippen LogP contribution < -0.4 is 4.74 Å². The van der Waals surface area contributed by atoms with Crippen LogP contribution in [0.25, 0.3) is 0 Å². The van der Waals surface area contributed by atoms with Gasteiger partial charge in [-0.2, -0.15) is 0 Å². The second-order valence-corrected chi connectivity index (χ2v) is 6.05. The molecule has 0 radical (unpaired) electrons. The van der Waals surface area contributed by atoms with Gasteiger partial charge in [-0.25, -0.2) is 0 Å². The summed E-state index contributed by atoms with van der Waals surface area (Å²) in [7, 11) is 0. The molecule has 19 heavy (non-hydrogen) atoms. The van der Waals surface area contributed by atoms with E-state index >= 15 is 0 Å². The highest BCUT2D eigenvalue weighted by Gasteiger charge is 2.11. The minimum absolute atomic E-state index is 0.466. The summed E-state index contributed by atoms with van der Waals surface area (Å²) in [6, 6.07) is 3.30. The van der Waals surface area contributed by atoms with Gasteiger partial charge >= 0.3 is 0 Å². The molecule has 1 saturated heterocycles. The molecule has 0 spiro atoms. The summed E-state index contributed by atoms with van der Waals surface area (Å²) in [5.74, 6) is 0.530. The first kappa shape index (κ1) is 15.2. The Morgan fingerprint density at radius 2 is 1.53 bits per heavy atom. The van der Waals surface area contributed by atoms with E-state index < -0.39 is 0 Å². The lowest BCUT2D eigenvalue weighted by atomic mass is 10.2. The predicted octanol–water partition coefficient (Wildman–Crippen LogP) is 4.90. The number of ether oxygens (including phenoxy) is 1. The van der Waals surface area contributed by atoms with Crippen molar-refractivity contribution >= 4 is 34.8 Å². The highest BCUT2D eigenvalue weighted by atomic mass is 35.5. The first-order valence-electron chi connectivity index (χ1n) is 6.66. The molecule has 0 atom stereocenters. The zero-order valence-corrected chi connectivity index (χ0v) is 13.1. The predicted molar refractivity (Wildman–Crippen MR) is 81.9 cm³/mol. The van der Waals surface area contributed by atoms with Gasteiger partial charge in [0.1, 0.15) is 6.61 Å². The Balaban J connectivity index is 1.85. The molecule has 106 valence electrons. The average molecular weight is 323 g/mol. The quantitative estimate of drug-likeness (QED) is 0.781. The molecule has 0 saturated carbocycles. The van der Waals surface area contributed by atoms with Gasteiger partial charge in [-0.15, -0.1) is 0 Å². The number of likely N-dealkylation sites (tertiary alicyclic amines) is 1. The summed E-state index contributed by atoms with van der Waals surface area (Å²) in [5, 5.41) is 1.46. The molecule has 0 amide bonds. The van der Waals surface area contributed by atoms with Crippen LogP contribution >= 0.6 is 34.8 Å². The van der Waals surface area contributed by atoms with Crippen LogP contribution in [0.4, 0.5) is 0 Å². The molecule has 1 aromatic rings. The SMILES string of the molecule is Clc1cc(Cl)c(OCCN2CCCCCC2)c(Cl)c1. The third-order valence-electron chi connectivity index (χ3n) is 3.32. The van der Waals surface area contributed by atoms with Crippen molar-refractivity contribution in [2.75, 3.05) is 26.2 Å². The molecule has 1 fully saturated rings. The molecule has 2 nitrogen and oxygen atoms in total. The van der Waals surface area contributed by atoms with E-state index in [1.54, 1.807) is 12.1 Å².